The molecule has 3 fully saturated rings. The summed E-state index contributed by atoms with van der Waals surface area (Å²) in [5.41, 5.74) is -3.48. The van der Waals surface area contributed by atoms with Gasteiger partial charge in [-0.1, -0.05) is 38.2 Å². The number of hydrogen-bond acceptors (Lipinski definition) is 5. The third kappa shape index (κ3) is 5.48. The van der Waals surface area contributed by atoms with Gasteiger partial charge in [0.25, 0.3) is 5.60 Å². The molecule has 3 aliphatic carbocycles. The number of carbonyl (C=O) groups excluding carboxylic acids is 1. The molecule has 0 aromatic carbocycles. The first-order chi connectivity index (χ1) is 17.3. The third-order valence-corrected chi connectivity index (χ3v) is 9.08. The van der Waals surface area contributed by atoms with E-state index >= 15 is 0 Å². The zero-order valence-electron chi connectivity index (χ0n) is 21.4. The molecule has 7 atom stereocenters. The molecule has 0 aliphatic heterocycles. The number of aliphatic hydroxyl groups excluding tert-OH is 3. The highest BCUT2D eigenvalue weighted by molar-refractivity contribution is 5.84. The highest BCUT2D eigenvalue weighted by atomic mass is 19.4. The van der Waals surface area contributed by atoms with Gasteiger partial charge in [-0.15, -0.1) is 0 Å². The first kappa shape index (κ1) is 30.8. The minimum absolute atomic E-state index is 0.0783. The van der Waals surface area contributed by atoms with Crippen molar-refractivity contribution in [1.82, 2.24) is 0 Å². The van der Waals surface area contributed by atoms with Crippen LogP contribution in [0.25, 0.3) is 0 Å². The number of hydrogen-bond donors (Lipinski definition) is 4. The van der Waals surface area contributed by atoms with Gasteiger partial charge in [-0.25, -0.2) is 0 Å². The van der Waals surface area contributed by atoms with Gasteiger partial charge < -0.3 is 20.4 Å². The summed E-state index contributed by atoms with van der Waals surface area (Å²) in [6, 6.07) is 0. The molecule has 3 rings (SSSR count). The number of fused-ring (bicyclic) bond motifs is 1. The highest BCUT2D eigenvalue weighted by Gasteiger charge is 2.75. The van der Waals surface area contributed by atoms with Crippen molar-refractivity contribution in [3.8, 4) is 0 Å². The molecule has 0 aromatic rings. The van der Waals surface area contributed by atoms with Crippen molar-refractivity contribution in [2.45, 2.75) is 101 Å². The maximum atomic E-state index is 13.1. The van der Waals surface area contributed by atoms with Crippen LogP contribution in [0.4, 0.5) is 26.3 Å². The quantitative estimate of drug-likeness (QED) is 0.349. The average Bonchev–Trinajstić information content (AvgIpc) is 3.15. The zero-order valence-corrected chi connectivity index (χ0v) is 21.4. The first-order valence-electron chi connectivity index (χ1n) is 12.9. The molecule has 3 aliphatic rings. The first-order valence-corrected chi connectivity index (χ1v) is 12.9. The van der Waals surface area contributed by atoms with Crippen LogP contribution in [0.3, 0.4) is 0 Å². The maximum Gasteiger partial charge on any atom is 0.429 e. The number of alkyl halides is 6. The van der Waals surface area contributed by atoms with Crippen molar-refractivity contribution in [2.75, 3.05) is 0 Å². The Bertz CT molecular complexity index is 969. The highest BCUT2D eigenvalue weighted by Crippen LogP contribution is 2.60. The lowest BCUT2D eigenvalue weighted by atomic mass is 9.60. The Morgan fingerprint density at radius 1 is 1.13 bits per heavy atom. The second-order valence-corrected chi connectivity index (χ2v) is 11.5. The summed E-state index contributed by atoms with van der Waals surface area (Å²) >= 11 is 0. The Hall–Kier alpha value is -1.69. The molecular weight excluding hydrogens is 518 g/mol. The SMILES string of the molecule is C=C1/C(=C\C=C2CCC[C@@]3(C)C2CC[C@@H]3[C@H](C)CC(=O)C(O)C(O)(C(F)(F)F)C(F)(F)F)C[C@@H](O)CC1O. The zero-order chi connectivity index (χ0) is 28.8. The molecule has 0 amide bonds. The van der Waals surface area contributed by atoms with Crippen LogP contribution in [0.1, 0.15) is 65.2 Å². The van der Waals surface area contributed by atoms with E-state index in [9.17, 15) is 51.6 Å². The molecule has 0 bridgehead atoms. The molecule has 0 aromatic heterocycles. The van der Waals surface area contributed by atoms with Crippen LogP contribution in [-0.2, 0) is 4.79 Å². The van der Waals surface area contributed by atoms with Gasteiger partial charge in [-0.2, -0.15) is 26.3 Å². The molecule has 4 N–H and O–H groups in total. The second kappa shape index (κ2) is 10.7. The molecule has 0 spiro atoms. The topological polar surface area (TPSA) is 98.0 Å². The van der Waals surface area contributed by atoms with Crippen molar-refractivity contribution < 1.29 is 51.6 Å². The van der Waals surface area contributed by atoms with E-state index in [1.807, 2.05) is 19.1 Å². The van der Waals surface area contributed by atoms with Crippen LogP contribution < -0.4 is 0 Å². The summed E-state index contributed by atoms with van der Waals surface area (Å²) in [5, 5.41) is 39.3. The molecule has 3 saturated carbocycles. The van der Waals surface area contributed by atoms with E-state index in [-0.39, 0.29) is 23.7 Å². The third-order valence-electron chi connectivity index (χ3n) is 9.08. The number of aliphatic hydroxyl groups is 4. The van der Waals surface area contributed by atoms with Crippen molar-refractivity contribution >= 4 is 5.78 Å². The van der Waals surface area contributed by atoms with Crippen molar-refractivity contribution in [2.24, 2.45) is 23.2 Å². The van der Waals surface area contributed by atoms with Crippen LogP contribution in [0.5, 0.6) is 0 Å². The predicted octanol–water partition coefficient (Wildman–Crippen LogP) is 4.94. The number of allylic oxidation sites excluding steroid dienone is 3. The summed E-state index contributed by atoms with van der Waals surface area (Å²) in [7, 11) is 0. The summed E-state index contributed by atoms with van der Waals surface area (Å²) in [5.74, 6) is -2.45. The van der Waals surface area contributed by atoms with Crippen molar-refractivity contribution in [3.05, 3.63) is 35.5 Å². The Labute approximate surface area is 217 Å². The largest absolute Gasteiger partial charge is 0.429 e. The van der Waals surface area contributed by atoms with Gasteiger partial charge in [0.15, 0.2) is 11.9 Å². The molecule has 0 radical (unpaired) electrons. The average molecular weight is 555 g/mol. The van der Waals surface area contributed by atoms with Gasteiger partial charge in [0.05, 0.1) is 12.2 Å². The number of Topliss-reactive ketones (excluding diaryl/α,β-unsaturated/α-hetero) is 1. The van der Waals surface area contributed by atoms with Gasteiger partial charge >= 0.3 is 12.4 Å². The minimum atomic E-state index is -6.29. The van der Waals surface area contributed by atoms with Gasteiger partial charge in [0.2, 0.25) is 0 Å². The fraction of sp³-hybridized carbons (Fsp3) is 0.741. The molecule has 216 valence electrons. The van der Waals surface area contributed by atoms with Crippen LogP contribution >= 0.6 is 0 Å². The number of halogens is 6. The lowest BCUT2D eigenvalue weighted by Gasteiger charge is -2.44. The molecule has 0 saturated heterocycles. The molecule has 0 heterocycles. The van der Waals surface area contributed by atoms with E-state index in [1.165, 1.54) is 0 Å². The Kier molecular flexibility index (Phi) is 8.69. The van der Waals surface area contributed by atoms with Crippen molar-refractivity contribution in [3.63, 3.8) is 0 Å². The van der Waals surface area contributed by atoms with Gasteiger partial charge in [-0.3, -0.25) is 4.79 Å². The monoisotopic (exact) mass is 554 g/mol. The smallest absolute Gasteiger partial charge is 0.393 e. The molecular formula is C27H36F6O5. The second-order valence-electron chi connectivity index (χ2n) is 11.5. The number of ketones is 1. The summed E-state index contributed by atoms with van der Waals surface area (Å²) in [6.45, 7) is 7.51. The molecule has 5 nitrogen and oxygen atoms in total. The lowest BCUT2D eigenvalue weighted by molar-refractivity contribution is -0.386. The van der Waals surface area contributed by atoms with E-state index in [0.717, 1.165) is 36.8 Å². The fourth-order valence-electron chi connectivity index (χ4n) is 6.95. The summed E-state index contributed by atoms with van der Waals surface area (Å²) < 4.78 is 78.7. The predicted molar refractivity (Wildman–Crippen MR) is 127 cm³/mol. The minimum Gasteiger partial charge on any atom is -0.393 e. The van der Waals surface area contributed by atoms with E-state index in [0.29, 0.717) is 18.4 Å². The van der Waals surface area contributed by atoms with Gasteiger partial charge in [0, 0.05) is 12.8 Å². The van der Waals surface area contributed by atoms with Gasteiger partial charge in [-0.05, 0) is 72.8 Å². The Morgan fingerprint density at radius 2 is 1.74 bits per heavy atom. The normalized spacial score (nSPS) is 34.9. The standard InChI is InChI=1S/C27H36F6O5/c1-14(11-22(36)23(37)25(38,26(28,29)30)27(31,32)33)19-8-9-20-16(5-4-10-24(19,20)3)6-7-17-12-18(34)13-21(35)15(17)2/h6-7,14,18-21,23,34-35,37-38H,2,4-5,8-13H2,1,3H3/b16-6?,17-7-/t14-,18-,19-,20?,21?,23?,24-/m1/s1. The van der Waals surface area contributed by atoms with Crippen LogP contribution in [-0.4, -0.2) is 62.5 Å². The van der Waals surface area contributed by atoms with E-state index in [4.69, 9.17) is 0 Å². The van der Waals surface area contributed by atoms with E-state index < -0.39 is 54.4 Å². The molecule has 11 heteroatoms. The van der Waals surface area contributed by atoms with Crippen molar-refractivity contribution in [1.29, 1.82) is 0 Å². The maximum absolute atomic E-state index is 13.1. The Balaban J connectivity index is 1.78. The lowest BCUT2D eigenvalue weighted by Crippen LogP contribution is -2.66. The summed E-state index contributed by atoms with van der Waals surface area (Å²) in [6.07, 6.45) is -10.4. The van der Waals surface area contributed by atoms with Gasteiger partial charge in [0.1, 0.15) is 0 Å². The number of carbonyl (C=O) groups is 1. The number of rotatable bonds is 6. The summed E-state index contributed by atoms with van der Waals surface area (Å²) in [4.78, 5) is 12.5. The van der Waals surface area contributed by atoms with E-state index in [2.05, 4.69) is 6.58 Å². The Morgan fingerprint density at radius 3 is 2.32 bits per heavy atom. The molecule has 38 heavy (non-hydrogen) atoms. The fourth-order valence-corrected chi connectivity index (χ4v) is 6.95. The van der Waals surface area contributed by atoms with E-state index in [1.54, 1.807) is 6.92 Å². The molecule has 3 unspecified atom stereocenters. The van der Waals surface area contributed by atoms with Crippen LogP contribution in [0.15, 0.2) is 35.5 Å². The van der Waals surface area contributed by atoms with Crippen LogP contribution in [0, 0.1) is 23.2 Å². The van der Waals surface area contributed by atoms with Crippen LogP contribution in [0.2, 0.25) is 0 Å².